The highest BCUT2D eigenvalue weighted by Crippen LogP contribution is 2.13. The van der Waals surface area contributed by atoms with Crippen LogP contribution in [0.1, 0.15) is 20.8 Å². The van der Waals surface area contributed by atoms with E-state index in [0.29, 0.717) is 0 Å². The predicted molar refractivity (Wildman–Crippen MR) is 38.8 cm³/mol. The quantitative estimate of drug-likeness (QED) is 0.552. The molecular formula is C8H14O. The van der Waals surface area contributed by atoms with Crippen LogP contribution in [0.4, 0.5) is 0 Å². The van der Waals surface area contributed by atoms with E-state index < -0.39 is 0 Å². The molecule has 0 aliphatic carbocycles. The Morgan fingerprint density at radius 2 is 1.78 bits per heavy atom. The Morgan fingerprint density at radius 1 is 1.33 bits per heavy atom. The average molecular weight is 126 g/mol. The Hall–Kier alpha value is -0.480. The van der Waals surface area contributed by atoms with Gasteiger partial charge in [0, 0.05) is 5.92 Å². The molecule has 0 aromatic carbocycles. The van der Waals surface area contributed by atoms with E-state index in [1.54, 1.807) is 6.92 Å². The Balaban J connectivity index is 3.76. The molecule has 0 fully saturated rings. The molecule has 3 unspecified atom stereocenters. The number of hydrogen-bond acceptors (Lipinski definition) is 1. The molecule has 52 valence electrons. The van der Waals surface area contributed by atoms with Crippen molar-refractivity contribution < 1.29 is 5.11 Å². The van der Waals surface area contributed by atoms with Gasteiger partial charge < -0.3 is 5.11 Å². The smallest absolute Gasteiger partial charge is 0.0549 e. The molecule has 1 heteroatoms. The lowest BCUT2D eigenvalue weighted by Gasteiger charge is -2.16. The SMILES string of the molecule is C#CC(C)C(C)C(C)O. The molecule has 0 rings (SSSR count). The van der Waals surface area contributed by atoms with Gasteiger partial charge in [-0.15, -0.1) is 12.3 Å². The second-order valence-corrected chi connectivity index (χ2v) is 2.56. The summed E-state index contributed by atoms with van der Waals surface area (Å²) in [5, 5.41) is 9.03. The second-order valence-electron chi connectivity index (χ2n) is 2.56. The van der Waals surface area contributed by atoms with Gasteiger partial charge in [-0.25, -0.2) is 0 Å². The summed E-state index contributed by atoms with van der Waals surface area (Å²) < 4.78 is 0. The third-order valence-corrected chi connectivity index (χ3v) is 1.81. The molecule has 0 heterocycles. The standard InChI is InChI=1S/C8H14O/c1-5-6(2)7(3)8(4)9/h1,6-9H,2-4H3. The van der Waals surface area contributed by atoms with E-state index >= 15 is 0 Å². The molecule has 0 saturated carbocycles. The summed E-state index contributed by atoms with van der Waals surface area (Å²) in [7, 11) is 0. The summed E-state index contributed by atoms with van der Waals surface area (Å²) in [5.74, 6) is 2.96. The molecule has 9 heavy (non-hydrogen) atoms. The van der Waals surface area contributed by atoms with Crippen molar-refractivity contribution >= 4 is 0 Å². The maximum Gasteiger partial charge on any atom is 0.0549 e. The topological polar surface area (TPSA) is 20.2 Å². The normalized spacial score (nSPS) is 19.9. The first-order valence-electron chi connectivity index (χ1n) is 3.23. The zero-order valence-corrected chi connectivity index (χ0v) is 6.26. The minimum Gasteiger partial charge on any atom is -0.393 e. The van der Waals surface area contributed by atoms with Crippen molar-refractivity contribution in [3.8, 4) is 12.3 Å². The van der Waals surface area contributed by atoms with E-state index in [0.717, 1.165) is 0 Å². The Labute approximate surface area is 57.1 Å². The van der Waals surface area contributed by atoms with Crippen LogP contribution in [0.5, 0.6) is 0 Å². The molecule has 0 aliphatic rings. The summed E-state index contributed by atoms with van der Waals surface area (Å²) in [4.78, 5) is 0. The van der Waals surface area contributed by atoms with Gasteiger partial charge >= 0.3 is 0 Å². The van der Waals surface area contributed by atoms with Crippen LogP contribution in [0.25, 0.3) is 0 Å². The molecule has 1 nitrogen and oxygen atoms in total. The van der Waals surface area contributed by atoms with E-state index in [2.05, 4.69) is 5.92 Å². The first-order valence-corrected chi connectivity index (χ1v) is 3.23. The Morgan fingerprint density at radius 3 is 1.89 bits per heavy atom. The van der Waals surface area contributed by atoms with Crippen molar-refractivity contribution in [2.45, 2.75) is 26.9 Å². The van der Waals surface area contributed by atoms with Crippen molar-refractivity contribution in [3.05, 3.63) is 0 Å². The molecule has 0 amide bonds. The molecule has 0 aromatic heterocycles. The van der Waals surface area contributed by atoms with Gasteiger partial charge in [-0.2, -0.15) is 0 Å². The summed E-state index contributed by atoms with van der Waals surface area (Å²) in [6.07, 6.45) is 4.85. The Kier molecular flexibility index (Phi) is 3.34. The molecule has 0 bridgehead atoms. The molecule has 3 atom stereocenters. The molecular weight excluding hydrogens is 112 g/mol. The average Bonchev–Trinajstić information content (AvgIpc) is 1.84. The van der Waals surface area contributed by atoms with Gasteiger partial charge in [0.15, 0.2) is 0 Å². The second kappa shape index (κ2) is 3.53. The van der Waals surface area contributed by atoms with Crippen LogP contribution in [-0.4, -0.2) is 11.2 Å². The van der Waals surface area contributed by atoms with Gasteiger partial charge in [0.1, 0.15) is 0 Å². The molecule has 1 N–H and O–H groups in total. The fraction of sp³-hybridized carbons (Fsp3) is 0.750. The van der Waals surface area contributed by atoms with E-state index in [9.17, 15) is 0 Å². The van der Waals surface area contributed by atoms with Crippen LogP contribution in [0, 0.1) is 24.2 Å². The number of rotatable bonds is 2. The maximum atomic E-state index is 9.03. The van der Waals surface area contributed by atoms with Crippen LogP contribution in [-0.2, 0) is 0 Å². The van der Waals surface area contributed by atoms with Crippen molar-refractivity contribution in [1.29, 1.82) is 0 Å². The lowest BCUT2D eigenvalue weighted by atomic mass is 9.92. The van der Waals surface area contributed by atoms with Crippen molar-refractivity contribution in [2.75, 3.05) is 0 Å². The van der Waals surface area contributed by atoms with Crippen molar-refractivity contribution in [1.82, 2.24) is 0 Å². The lowest BCUT2D eigenvalue weighted by Crippen LogP contribution is -2.19. The zero-order chi connectivity index (χ0) is 7.44. The largest absolute Gasteiger partial charge is 0.393 e. The lowest BCUT2D eigenvalue weighted by molar-refractivity contribution is 0.118. The fourth-order valence-electron chi connectivity index (χ4n) is 0.570. The van der Waals surface area contributed by atoms with Crippen LogP contribution in [0.3, 0.4) is 0 Å². The zero-order valence-electron chi connectivity index (χ0n) is 6.26. The summed E-state index contributed by atoms with van der Waals surface area (Å²) >= 11 is 0. The van der Waals surface area contributed by atoms with Gasteiger partial charge in [0.05, 0.1) is 6.10 Å². The highest BCUT2D eigenvalue weighted by atomic mass is 16.3. The van der Waals surface area contributed by atoms with E-state index in [4.69, 9.17) is 11.5 Å². The molecule has 0 saturated heterocycles. The fourth-order valence-corrected chi connectivity index (χ4v) is 0.570. The van der Waals surface area contributed by atoms with Gasteiger partial charge in [-0.1, -0.05) is 13.8 Å². The van der Waals surface area contributed by atoms with Crippen LogP contribution in [0.2, 0.25) is 0 Å². The maximum absolute atomic E-state index is 9.03. The minimum atomic E-state index is -0.295. The number of aliphatic hydroxyl groups excluding tert-OH is 1. The molecule has 0 radical (unpaired) electrons. The minimum absolute atomic E-state index is 0.171. The molecule has 0 aliphatic heterocycles. The van der Waals surface area contributed by atoms with Gasteiger partial charge in [0.2, 0.25) is 0 Å². The monoisotopic (exact) mass is 126 g/mol. The Bertz CT molecular complexity index is 110. The van der Waals surface area contributed by atoms with E-state index in [-0.39, 0.29) is 17.9 Å². The van der Waals surface area contributed by atoms with Crippen LogP contribution >= 0.6 is 0 Å². The number of terminal acetylenes is 1. The summed E-state index contributed by atoms with van der Waals surface area (Å²) in [6, 6.07) is 0. The first kappa shape index (κ1) is 8.52. The van der Waals surface area contributed by atoms with Crippen molar-refractivity contribution in [3.63, 3.8) is 0 Å². The summed E-state index contributed by atoms with van der Waals surface area (Å²) in [5.41, 5.74) is 0. The van der Waals surface area contributed by atoms with Crippen molar-refractivity contribution in [2.24, 2.45) is 11.8 Å². The molecule has 0 spiro atoms. The first-order chi connectivity index (χ1) is 4.09. The predicted octanol–water partition coefficient (Wildman–Crippen LogP) is 1.27. The highest BCUT2D eigenvalue weighted by Gasteiger charge is 2.13. The van der Waals surface area contributed by atoms with Crippen LogP contribution in [0.15, 0.2) is 0 Å². The van der Waals surface area contributed by atoms with E-state index in [1.807, 2.05) is 13.8 Å². The number of aliphatic hydroxyl groups is 1. The number of hydrogen-bond donors (Lipinski definition) is 1. The van der Waals surface area contributed by atoms with Gasteiger partial charge in [-0.05, 0) is 12.8 Å². The van der Waals surface area contributed by atoms with Gasteiger partial charge in [0.25, 0.3) is 0 Å². The third-order valence-electron chi connectivity index (χ3n) is 1.81. The summed E-state index contributed by atoms with van der Waals surface area (Å²) in [6.45, 7) is 5.66. The van der Waals surface area contributed by atoms with E-state index in [1.165, 1.54) is 0 Å². The van der Waals surface area contributed by atoms with Gasteiger partial charge in [-0.3, -0.25) is 0 Å². The van der Waals surface area contributed by atoms with Crippen LogP contribution < -0.4 is 0 Å². The highest BCUT2D eigenvalue weighted by molar-refractivity contribution is 4.93. The molecule has 0 aromatic rings. The third kappa shape index (κ3) is 2.53.